The molecular formula is C10H12ClN. The fourth-order valence-corrected chi connectivity index (χ4v) is 1.88. The zero-order chi connectivity index (χ0) is 8.55. The number of hydrogen-bond acceptors (Lipinski definition) is 1. The highest BCUT2D eigenvalue weighted by atomic mass is 35.5. The van der Waals surface area contributed by atoms with Gasteiger partial charge < -0.3 is 5.73 Å². The Morgan fingerprint density at radius 3 is 2.67 bits per heavy atom. The summed E-state index contributed by atoms with van der Waals surface area (Å²) in [6, 6.07) is 8.36. The topological polar surface area (TPSA) is 26.0 Å². The van der Waals surface area contributed by atoms with Gasteiger partial charge in [-0.05, 0) is 36.5 Å². The van der Waals surface area contributed by atoms with Crippen LogP contribution in [0.1, 0.15) is 24.3 Å². The maximum atomic E-state index is 5.88. The molecule has 1 aromatic rings. The van der Waals surface area contributed by atoms with Crippen molar-refractivity contribution in [2.24, 2.45) is 5.73 Å². The van der Waals surface area contributed by atoms with Crippen LogP contribution >= 0.6 is 11.6 Å². The molecule has 1 fully saturated rings. The van der Waals surface area contributed by atoms with Crippen molar-refractivity contribution in [1.29, 1.82) is 0 Å². The van der Waals surface area contributed by atoms with E-state index in [9.17, 15) is 0 Å². The van der Waals surface area contributed by atoms with Gasteiger partial charge in [0.2, 0.25) is 0 Å². The van der Waals surface area contributed by atoms with E-state index < -0.39 is 0 Å². The molecule has 64 valence electrons. The summed E-state index contributed by atoms with van der Waals surface area (Å²) in [4.78, 5) is 0. The number of nitrogens with two attached hydrogens (primary N) is 1. The molecule has 0 radical (unpaired) electrons. The van der Waals surface area contributed by atoms with Gasteiger partial charge in [0.15, 0.2) is 0 Å². The highest BCUT2D eigenvalue weighted by Crippen LogP contribution is 2.36. The van der Waals surface area contributed by atoms with Gasteiger partial charge in [-0.1, -0.05) is 23.7 Å². The van der Waals surface area contributed by atoms with Crippen LogP contribution in [-0.4, -0.2) is 6.04 Å². The van der Waals surface area contributed by atoms with Crippen LogP contribution in [0, 0.1) is 0 Å². The first-order valence-corrected chi connectivity index (χ1v) is 4.66. The van der Waals surface area contributed by atoms with Crippen LogP contribution in [0.15, 0.2) is 24.3 Å². The first-order chi connectivity index (χ1) is 5.77. The highest BCUT2D eigenvalue weighted by Gasteiger charge is 2.28. The Kier molecular flexibility index (Phi) is 2.07. The van der Waals surface area contributed by atoms with Gasteiger partial charge in [0, 0.05) is 11.1 Å². The van der Waals surface area contributed by atoms with Gasteiger partial charge in [0.1, 0.15) is 0 Å². The maximum absolute atomic E-state index is 5.88. The fraction of sp³-hybridized carbons (Fsp3) is 0.400. The molecular weight excluding hydrogens is 170 g/mol. The van der Waals surface area contributed by atoms with Gasteiger partial charge >= 0.3 is 0 Å². The van der Waals surface area contributed by atoms with Crippen molar-refractivity contribution in [1.82, 2.24) is 0 Å². The number of hydrogen-bond donors (Lipinski definition) is 1. The van der Waals surface area contributed by atoms with Gasteiger partial charge in [-0.2, -0.15) is 0 Å². The average molecular weight is 182 g/mol. The summed E-state index contributed by atoms with van der Waals surface area (Å²) in [5.74, 6) is 0.545. The number of benzene rings is 1. The third-order valence-electron chi connectivity index (χ3n) is 2.60. The van der Waals surface area contributed by atoms with E-state index in [1.165, 1.54) is 12.0 Å². The lowest BCUT2D eigenvalue weighted by Crippen LogP contribution is -2.37. The van der Waals surface area contributed by atoms with Crippen molar-refractivity contribution in [2.45, 2.75) is 24.8 Å². The van der Waals surface area contributed by atoms with E-state index in [1.807, 2.05) is 18.2 Å². The summed E-state index contributed by atoms with van der Waals surface area (Å²) in [5, 5.41) is 0.812. The van der Waals surface area contributed by atoms with Crippen molar-refractivity contribution in [3.05, 3.63) is 34.9 Å². The Bertz CT molecular complexity index is 285. The van der Waals surface area contributed by atoms with Crippen LogP contribution in [0.5, 0.6) is 0 Å². The smallest absolute Gasteiger partial charge is 0.0408 e. The quantitative estimate of drug-likeness (QED) is 0.708. The SMILES string of the molecule is NC1CCC1c1cccc(Cl)c1. The number of halogens is 1. The summed E-state index contributed by atoms with van der Waals surface area (Å²) in [7, 11) is 0. The molecule has 0 spiro atoms. The highest BCUT2D eigenvalue weighted by molar-refractivity contribution is 6.30. The second kappa shape index (κ2) is 3.08. The van der Waals surface area contributed by atoms with E-state index >= 15 is 0 Å². The van der Waals surface area contributed by atoms with Crippen LogP contribution in [-0.2, 0) is 0 Å². The second-order valence-electron chi connectivity index (χ2n) is 3.40. The second-order valence-corrected chi connectivity index (χ2v) is 3.84. The van der Waals surface area contributed by atoms with Gasteiger partial charge in [0.05, 0.1) is 0 Å². The molecule has 0 amide bonds. The first-order valence-electron chi connectivity index (χ1n) is 4.28. The molecule has 2 atom stereocenters. The first kappa shape index (κ1) is 8.09. The lowest BCUT2D eigenvalue weighted by Gasteiger charge is -2.33. The fourth-order valence-electron chi connectivity index (χ4n) is 1.68. The summed E-state index contributed by atoms with van der Waals surface area (Å²) < 4.78 is 0. The Morgan fingerprint density at radius 2 is 2.17 bits per heavy atom. The Labute approximate surface area is 77.5 Å². The molecule has 12 heavy (non-hydrogen) atoms. The van der Waals surface area contributed by atoms with Crippen molar-refractivity contribution in [3.8, 4) is 0 Å². The molecule has 2 rings (SSSR count). The van der Waals surface area contributed by atoms with Crippen molar-refractivity contribution >= 4 is 11.6 Å². The lowest BCUT2D eigenvalue weighted by molar-refractivity contribution is 0.347. The predicted octanol–water partition coefficient (Wildman–Crippen LogP) is 2.54. The zero-order valence-corrected chi connectivity index (χ0v) is 7.59. The van der Waals surface area contributed by atoms with Gasteiger partial charge in [-0.25, -0.2) is 0 Å². The number of rotatable bonds is 1. The molecule has 0 aliphatic heterocycles. The average Bonchev–Trinajstić information content (AvgIpc) is 2.02. The van der Waals surface area contributed by atoms with Crippen molar-refractivity contribution in [3.63, 3.8) is 0 Å². The third-order valence-corrected chi connectivity index (χ3v) is 2.84. The summed E-state index contributed by atoms with van der Waals surface area (Å²) >= 11 is 5.88. The van der Waals surface area contributed by atoms with Crippen molar-refractivity contribution < 1.29 is 0 Å². The van der Waals surface area contributed by atoms with Gasteiger partial charge in [0.25, 0.3) is 0 Å². The molecule has 2 N–H and O–H groups in total. The molecule has 0 bridgehead atoms. The molecule has 1 saturated carbocycles. The van der Waals surface area contributed by atoms with Crippen LogP contribution in [0.3, 0.4) is 0 Å². The molecule has 1 aromatic carbocycles. The maximum Gasteiger partial charge on any atom is 0.0408 e. The summed E-state index contributed by atoms with van der Waals surface area (Å²) in [6.07, 6.45) is 2.36. The standard InChI is InChI=1S/C10H12ClN/c11-8-3-1-2-7(6-8)9-4-5-10(9)12/h1-3,6,9-10H,4-5,12H2. The van der Waals surface area contributed by atoms with E-state index in [2.05, 4.69) is 6.07 Å². The van der Waals surface area contributed by atoms with Gasteiger partial charge in [-0.15, -0.1) is 0 Å². The lowest BCUT2D eigenvalue weighted by atomic mass is 9.76. The molecule has 0 saturated heterocycles. The van der Waals surface area contributed by atoms with Crippen LogP contribution in [0.4, 0.5) is 0 Å². The monoisotopic (exact) mass is 181 g/mol. The Morgan fingerprint density at radius 1 is 1.33 bits per heavy atom. The molecule has 0 heterocycles. The minimum absolute atomic E-state index is 0.350. The van der Waals surface area contributed by atoms with E-state index in [0.29, 0.717) is 12.0 Å². The molecule has 1 nitrogen and oxygen atoms in total. The van der Waals surface area contributed by atoms with E-state index in [-0.39, 0.29) is 0 Å². The van der Waals surface area contributed by atoms with Crippen molar-refractivity contribution in [2.75, 3.05) is 0 Å². The normalized spacial score (nSPS) is 28.2. The summed E-state index contributed by atoms with van der Waals surface area (Å²) in [6.45, 7) is 0. The van der Waals surface area contributed by atoms with E-state index in [4.69, 9.17) is 17.3 Å². The zero-order valence-electron chi connectivity index (χ0n) is 6.83. The molecule has 1 aliphatic carbocycles. The predicted molar refractivity (Wildman–Crippen MR) is 51.4 cm³/mol. The molecule has 2 unspecified atom stereocenters. The van der Waals surface area contributed by atoms with Crippen LogP contribution in [0.2, 0.25) is 5.02 Å². The summed E-state index contributed by atoms with van der Waals surface area (Å²) in [5.41, 5.74) is 7.15. The Hall–Kier alpha value is -0.530. The van der Waals surface area contributed by atoms with Crippen LogP contribution < -0.4 is 5.73 Å². The molecule has 0 aromatic heterocycles. The van der Waals surface area contributed by atoms with E-state index in [1.54, 1.807) is 0 Å². The van der Waals surface area contributed by atoms with Gasteiger partial charge in [-0.3, -0.25) is 0 Å². The Balaban J connectivity index is 2.22. The van der Waals surface area contributed by atoms with E-state index in [0.717, 1.165) is 11.4 Å². The largest absolute Gasteiger partial charge is 0.327 e. The minimum atomic E-state index is 0.350. The molecule has 2 heteroatoms. The minimum Gasteiger partial charge on any atom is -0.327 e. The van der Waals surface area contributed by atoms with Crippen LogP contribution in [0.25, 0.3) is 0 Å². The molecule has 1 aliphatic rings. The third kappa shape index (κ3) is 1.35.